The van der Waals surface area contributed by atoms with Crippen molar-refractivity contribution in [3.8, 4) is 0 Å². The van der Waals surface area contributed by atoms with E-state index in [9.17, 15) is 0 Å². The Morgan fingerprint density at radius 2 is 2.33 bits per heavy atom. The fourth-order valence-electron chi connectivity index (χ4n) is 0.343. The molecule has 0 nitrogen and oxygen atoms in total. The van der Waals surface area contributed by atoms with Gasteiger partial charge in [-0.3, -0.25) is 0 Å². The van der Waals surface area contributed by atoms with E-state index in [0.717, 1.165) is 0 Å². The lowest BCUT2D eigenvalue weighted by Gasteiger charge is -2.13. The van der Waals surface area contributed by atoms with Crippen molar-refractivity contribution in [2.75, 3.05) is 0 Å². The van der Waals surface area contributed by atoms with E-state index in [2.05, 4.69) is 21.9 Å². The van der Waals surface area contributed by atoms with Crippen LogP contribution in [0.3, 0.4) is 0 Å². The van der Waals surface area contributed by atoms with Crippen LogP contribution in [0.1, 0.15) is 0 Å². The van der Waals surface area contributed by atoms with Gasteiger partial charge in [0.25, 0.3) is 0 Å². The van der Waals surface area contributed by atoms with Gasteiger partial charge >= 0.3 is 0 Å². The summed E-state index contributed by atoms with van der Waals surface area (Å²) in [5.41, 5.74) is 1.80. The standard InChI is InChI=1S/C5H7P/c1-4-2-3-5(4)6/h2-3,5H,1,6H2. The molecule has 1 aliphatic carbocycles. The molecule has 0 saturated heterocycles. The van der Waals surface area contributed by atoms with Crippen LogP contribution in [0.2, 0.25) is 0 Å². The summed E-state index contributed by atoms with van der Waals surface area (Å²) in [6.45, 7) is 3.73. The summed E-state index contributed by atoms with van der Waals surface area (Å²) in [6, 6.07) is 0. The molecule has 1 heteroatoms. The first-order valence-corrected chi connectivity index (χ1v) is 2.60. The van der Waals surface area contributed by atoms with Crippen molar-refractivity contribution in [2.45, 2.75) is 5.66 Å². The molecule has 0 heterocycles. The van der Waals surface area contributed by atoms with Crippen LogP contribution in [0.25, 0.3) is 0 Å². The van der Waals surface area contributed by atoms with E-state index >= 15 is 0 Å². The Hall–Kier alpha value is -0.0900. The molecule has 0 saturated carbocycles. The van der Waals surface area contributed by atoms with Crippen molar-refractivity contribution in [1.82, 2.24) is 0 Å². The SMILES string of the molecule is C=C1C=CC1P. The van der Waals surface area contributed by atoms with Crippen molar-refractivity contribution < 1.29 is 0 Å². The van der Waals surface area contributed by atoms with Crippen molar-refractivity contribution in [1.29, 1.82) is 0 Å². The molecule has 0 aromatic carbocycles. The third-order valence-electron chi connectivity index (χ3n) is 0.946. The predicted molar refractivity (Wildman–Crippen MR) is 31.8 cm³/mol. The molecule has 0 spiro atoms. The fraction of sp³-hybridized carbons (Fsp3) is 0.200. The number of hydrogen-bond acceptors (Lipinski definition) is 0. The molecule has 0 aromatic heterocycles. The lowest BCUT2D eigenvalue weighted by Crippen LogP contribution is -2.02. The molecule has 0 aliphatic heterocycles. The van der Waals surface area contributed by atoms with Gasteiger partial charge in [-0.1, -0.05) is 18.7 Å². The van der Waals surface area contributed by atoms with E-state index in [4.69, 9.17) is 0 Å². The van der Waals surface area contributed by atoms with E-state index < -0.39 is 0 Å². The van der Waals surface area contributed by atoms with E-state index in [1.165, 1.54) is 5.57 Å². The maximum Gasteiger partial charge on any atom is 0.0160 e. The normalized spacial score (nSPS) is 30.2. The highest BCUT2D eigenvalue weighted by Crippen LogP contribution is 2.21. The van der Waals surface area contributed by atoms with Crippen molar-refractivity contribution in [3.05, 3.63) is 24.3 Å². The smallest absolute Gasteiger partial charge is 0.0160 e. The van der Waals surface area contributed by atoms with Crippen molar-refractivity contribution in [3.63, 3.8) is 0 Å². The molecule has 0 bridgehead atoms. The summed E-state index contributed by atoms with van der Waals surface area (Å²) in [5.74, 6) is 0. The Labute approximate surface area is 40.1 Å². The summed E-state index contributed by atoms with van der Waals surface area (Å²) in [4.78, 5) is 0. The molecule has 6 heavy (non-hydrogen) atoms. The molecule has 32 valence electrons. The van der Waals surface area contributed by atoms with E-state index in [1.807, 2.05) is 6.08 Å². The van der Waals surface area contributed by atoms with Crippen LogP contribution in [0.15, 0.2) is 24.3 Å². The Bertz CT molecular complexity index is 103. The van der Waals surface area contributed by atoms with Gasteiger partial charge in [0.2, 0.25) is 0 Å². The van der Waals surface area contributed by atoms with E-state index in [1.54, 1.807) is 0 Å². The number of rotatable bonds is 0. The van der Waals surface area contributed by atoms with E-state index in [-0.39, 0.29) is 0 Å². The van der Waals surface area contributed by atoms with Crippen LogP contribution < -0.4 is 0 Å². The first-order chi connectivity index (χ1) is 2.80. The average molecular weight is 98.1 g/mol. The third kappa shape index (κ3) is 0.417. The molecule has 2 unspecified atom stereocenters. The minimum absolute atomic E-state index is 0.574. The Balaban J connectivity index is 2.67. The molecule has 0 fully saturated rings. The van der Waals surface area contributed by atoms with Crippen LogP contribution in [0.4, 0.5) is 0 Å². The van der Waals surface area contributed by atoms with Crippen LogP contribution in [0.5, 0.6) is 0 Å². The second kappa shape index (κ2) is 1.20. The van der Waals surface area contributed by atoms with Gasteiger partial charge in [-0.25, -0.2) is 0 Å². The highest BCUT2D eigenvalue weighted by atomic mass is 31.0. The quantitative estimate of drug-likeness (QED) is 0.401. The van der Waals surface area contributed by atoms with Crippen molar-refractivity contribution >= 4 is 9.24 Å². The van der Waals surface area contributed by atoms with Crippen LogP contribution in [-0.2, 0) is 0 Å². The zero-order chi connectivity index (χ0) is 4.57. The van der Waals surface area contributed by atoms with Crippen LogP contribution in [0, 0.1) is 0 Å². The maximum atomic E-state index is 3.73. The molecule has 0 radical (unpaired) electrons. The summed E-state index contributed by atoms with van der Waals surface area (Å²) in [7, 11) is 2.67. The third-order valence-corrected chi connectivity index (χ3v) is 1.60. The summed E-state index contributed by atoms with van der Waals surface area (Å²) < 4.78 is 0. The molecular weight excluding hydrogens is 91.0 g/mol. The lowest BCUT2D eigenvalue weighted by molar-refractivity contribution is 1.23. The second-order valence-electron chi connectivity index (χ2n) is 1.46. The highest BCUT2D eigenvalue weighted by molar-refractivity contribution is 7.18. The van der Waals surface area contributed by atoms with Gasteiger partial charge in [0, 0.05) is 5.66 Å². The fourth-order valence-corrected chi connectivity index (χ4v) is 0.566. The Morgan fingerprint density at radius 1 is 1.83 bits per heavy atom. The molecule has 0 aromatic rings. The summed E-state index contributed by atoms with van der Waals surface area (Å²) >= 11 is 0. The molecule has 0 N–H and O–H groups in total. The molecule has 2 atom stereocenters. The van der Waals surface area contributed by atoms with Gasteiger partial charge in [0.05, 0.1) is 0 Å². The summed E-state index contributed by atoms with van der Waals surface area (Å²) in [6.07, 6.45) is 4.13. The summed E-state index contributed by atoms with van der Waals surface area (Å²) in [5, 5.41) is 0. The van der Waals surface area contributed by atoms with Gasteiger partial charge < -0.3 is 0 Å². The second-order valence-corrected chi connectivity index (χ2v) is 2.18. The van der Waals surface area contributed by atoms with Crippen molar-refractivity contribution in [2.24, 2.45) is 0 Å². The van der Waals surface area contributed by atoms with Crippen LogP contribution >= 0.6 is 9.24 Å². The van der Waals surface area contributed by atoms with Gasteiger partial charge in [-0.15, -0.1) is 9.24 Å². The predicted octanol–water partition coefficient (Wildman–Crippen LogP) is 1.36. The average Bonchev–Trinajstić information content (AvgIpc) is 1.61. The van der Waals surface area contributed by atoms with Gasteiger partial charge in [-0.2, -0.15) is 0 Å². The monoisotopic (exact) mass is 98.0 g/mol. The highest BCUT2D eigenvalue weighted by Gasteiger charge is 2.05. The Kier molecular flexibility index (Phi) is 0.816. The van der Waals surface area contributed by atoms with Gasteiger partial charge in [0.1, 0.15) is 0 Å². The Morgan fingerprint density at radius 3 is 2.33 bits per heavy atom. The minimum atomic E-state index is 0.574. The molecule has 1 aliphatic rings. The lowest BCUT2D eigenvalue weighted by atomic mass is 10.1. The zero-order valence-electron chi connectivity index (χ0n) is 3.52. The molecule has 0 amide bonds. The number of allylic oxidation sites excluding steroid dienone is 3. The van der Waals surface area contributed by atoms with Gasteiger partial charge in [-0.05, 0) is 5.57 Å². The zero-order valence-corrected chi connectivity index (χ0v) is 4.67. The first kappa shape index (κ1) is 4.08. The maximum absolute atomic E-state index is 3.73. The van der Waals surface area contributed by atoms with Crippen LogP contribution in [-0.4, -0.2) is 5.66 Å². The first-order valence-electron chi connectivity index (χ1n) is 1.93. The largest absolute Gasteiger partial charge is 0.126 e. The van der Waals surface area contributed by atoms with Gasteiger partial charge in [0.15, 0.2) is 0 Å². The molecule has 1 rings (SSSR count). The van der Waals surface area contributed by atoms with E-state index in [0.29, 0.717) is 5.66 Å². The minimum Gasteiger partial charge on any atom is -0.126 e. The molecular formula is C5H7P. The number of hydrogen-bond donors (Lipinski definition) is 0. The topological polar surface area (TPSA) is 0 Å².